The summed E-state index contributed by atoms with van der Waals surface area (Å²) in [6.45, 7) is 17.7. The van der Waals surface area contributed by atoms with Gasteiger partial charge in [-0.25, -0.2) is 9.79 Å². The first-order valence-corrected chi connectivity index (χ1v) is 18.2. The van der Waals surface area contributed by atoms with Gasteiger partial charge in [-0.15, -0.1) is 0 Å². The van der Waals surface area contributed by atoms with Crippen molar-refractivity contribution in [2.24, 2.45) is 4.99 Å². The molecule has 0 bridgehead atoms. The fourth-order valence-electron chi connectivity index (χ4n) is 5.61. The minimum Gasteiger partial charge on any atom is -0.414 e. The molecule has 1 aromatic heterocycles. The third kappa shape index (κ3) is 6.59. The number of hydrogen-bond acceptors (Lipinski definition) is 9. The van der Waals surface area contributed by atoms with E-state index in [0.717, 1.165) is 0 Å². The minimum absolute atomic E-state index is 0.122. The van der Waals surface area contributed by atoms with Gasteiger partial charge in [0, 0.05) is 20.3 Å². The summed E-state index contributed by atoms with van der Waals surface area (Å²) in [5.74, 6) is 0.296. The van der Waals surface area contributed by atoms with Gasteiger partial charge in [0.05, 0.1) is 32.0 Å². The predicted octanol–water partition coefficient (Wildman–Crippen LogP) is 4.62. The SMILES string of the molecule is CC(C)[Si]1(C(C)C)OC[C@H]2O[C@@H](n3ccc(N=CN(C)C)nc3=O)[C@H](OCCC#N)[C@@H]2O[Si](C(C)C)(C(C)C)O1. The van der Waals surface area contributed by atoms with Crippen molar-refractivity contribution in [2.45, 2.75) is 109 Å². The van der Waals surface area contributed by atoms with Crippen molar-refractivity contribution < 1.29 is 22.4 Å². The molecular weight excluding hydrogens is 546 g/mol. The predicted molar refractivity (Wildman–Crippen MR) is 158 cm³/mol. The highest BCUT2D eigenvalue weighted by molar-refractivity contribution is 6.84. The molecule has 3 rings (SSSR count). The fourth-order valence-corrected chi connectivity index (χ4v) is 16.8. The Bertz CT molecular complexity index is 1100. The van der Waals surface area contributed by atoms with Crippen LogP contribution in [-0.2, 0) is 22.4 Å². The van der Waals surface area contributed by atoms with E-state index in [9.17, 15) is 10.1 Å². The monoisotopic (exact) mass is 593 g/mol. The van der Waals surface area contributed by atoms with Crippen LogP contribution in [0.4, 0.5) is 5.82 Å². The van der Waals surface area contributed by atoms with Crippen molar-refractivity contribution in [3.8, 4) is 6.07 Å². The first-order chi connectivity index (χ1) is 18.8. The van der Waals surface area contributed by atoms with Gasteiger partial charge in [-0.1, -0.05) is 55.4 Å². The molecule has 0 aliphatic carbocycles. The van der Waals surface area contributed by atoms with Gasteiger partial charge in [0.2, 0.25) is 0 Å². The van der Waals surface area contributed by atoms with Gasteiger partial charge < -0.3 is 27.3 Å². The Morgan fingerprint density at radius 3 is 2.30 bits per heavy atom. The number of fused-ring (bicyclic) bond motifs is 1. The van der Waals surface area contributed by atoms with Crippen LogP contribution in [0.25, 0.3) is 0 Å². The van der Waals surface area contributed by atoms with Crippen molar-refractivity contribution in [1.82, 2.24) is 14.5 Å². The number of aliphatic imine (C=N–C) groups is 1. The zero-order chi connectivity index (χ0) is 29.8. The summed E-state index contributed by atoms with van der Waals surface area (Å²) in [5, 5.41) is 9.19. The maximum atomic E-state index is 13.2. The number of aromatic nitrogens is 2. The van der Waals surface area contributed by atoms with Crippen LogP contribution in [0.5, 0.6) is 0 Å². The molecule has 2 aliphatic heterocycles. The van der Waals surface area contributed by atoms with Crippen molar-refractivity contribution in [2.75, 3.05) is 27.3 Å². The molecule has 4 atom stereocenters. The first-order valence-electron chi connectivity index (χ1n) is 14.2. The van der Waals surface area contributed by atoms with E-state index in [2.05, 4.69) is 71.4 Å². The molecule has 11 nitrogen and oxygen atoms in total. The first kappa shape index (κ1) is 32.6. The Kier molecular flexibility index (Phi) is 10.9. The molecular formula is C27H47N5O6Si2. The third-order valence-corrected chi connectivity index (χ3v) is 17.9. The van der Waals surface area contributed by atoms with Crippen molar-refractivity contribution >= 4 is 29.3 Å². The molecule has 2 saturated heterocycles. The van der Waals surface area contributed by atoms with Gasteiger partial charge in [-0.05, 0) is 28.2 Å². The van der Waals surface area contributed by atoms with E-state index in [1.54, 1.807) is 23.5 Å². The Morgan fingerprint density at radius 1 is 1.15 bits per heavy atom. The lowest BCUT2D eigenvalue weighted by Gasteiger charge is -2.51. The highest BCUT2D eigenvalue weighted by Crippen LogP contribution is 2.48. The summed E-state index contributed by atoms with van der Waals surface area (Å²) in [6.07, 6.45) is 0.877. The molecule has 224 valence electrons. The largest absolute Gasteiger partial charge is 0.414 e. The van der Waals surface area contributed by atoms with E-state index in [1.807, 2.05) is 14.1 Å². The van der Waals surface area contributed by atoms with Crippen LogP contribution in [-0.4, -0.2) is 83.5 Å². The summed E-state index contributed by atoms with van der Waals surface area (Å²) in [4.78, 5) is 23.4. The molecule has 0 amide bonds. The molecule has 3 heterocycles. The van der Waals surface area contributed by atoms with E-state index in [1.165, 1.54) is 4.57 Å². The Morgan fingerprint density at radius 2 is 1.77 bits per heavy atom. The fraction of sp³-hybridized carbons (Fsp3) is 0.778. The zero-order valence-electron chi connectivity index (χ0n) is 25.7. The molecule has 0 saturated carbocycles. The van der Waals surface area contributed by atoms with Crippen LogP contribution in [0.3, 0.4) is 0 Å². The summed E-state index contributed by atoms with van der Waals surface area (Å²) >= 11 is 0. The number of hydrogen-bond donors (Lipinski definition) is 0. The summed E-state index contributed by atoms with van der Waals surface area (Å²) in [5.41, 5.74) is 0.119. The van der Waals surface area contributed by atoms with E-state index in [4.69, 9.17) is 22.4 Å². The van der Waals surface area contributed by atoms with Crippen molar-refractivity contribution in [3.05, 3.63) is 22.7 Å². The molecule has 1 aromatic rings. The van der Waals surface area contributed by atoms with Crippen LogP contribution in [0, 0.1) is 11.3 Å². The molecule has 2 fully saturated rings. The van der Waals surface area contributed by atoms with Gasteiger partial charge in [0.25, 0.3) is 0 Å². The molecule has 40 heavy (non-hydrogen) atoms. The maximum absolute atomic E-state index is 13.2. The van der Waals surface area contributed by atoms with Gasteiger partial charge in [0.1, 0.15) is 18.3 Å². The van der Waals surface area contributed by atoms with E-state index >= 15 is 0 Å². The third-order valence-electron chi connectivity index (χ3n) is 7.65. The second-order valence-electron chi connectivity index (χ2n) is 12.0. The highest BCUT2D eigenvalue weighted by Gasteiger charge is 2.62. The second-order valence-corrected chi connectivity index (χ2v) is 20.9. The molecule has 2 aliphatic rings. The Labute approximate surface area is 240 Å². The van der Waals surface area contributed by atoms with Gasteiger partial charge in [-0.2, -0.15) is 10.2 Å². The van der Waals surface area contributed by atoms with Crippen LogP contribution >= 0.6 is 0 Å². The maximum Gasteiger partial charge on any atom is 0.351 e. The quantitative estimate of drug-likeness (QED) is 0.166. The van der Waals surface area contributed by atoms with Crippen LogP contribution in [0.15, 0.2) is 22.1 Å². The number of ether oxygens (including phenoxy) is 2. The minimum atomic E-state index is -2.95. The van der Waals surface area contributed by atoms with Crippen molar-refractivity contribution in [3.63, 3.8) is 0 Å². The lowest BCUT2D eigenvalue weighted by molar-refractivity contribution is -0.0721. The topological polar surface area (TPSA) is 120 Å². The van der Waals surface area contributed by atoms with Gasteiger partial charge in [-0.3, -0.25) is 4.57 Å². The smallest absolute Gasteiger partial charge is 0.351 e. The van der Waals surface area contributed by atoms with E-state index in [-0.39, 0.29) is 41.8 Å². The summed E-state index contributed by atoms with van der Waals surface area (Å²) in [6, 6.07) is 3.79. The molecule has 0 unspecified atom stereocenters. The average Bonchev–Trinajstić information content (AvgIpc) is 3.18. The van der Waals surface area contributed by atoms with Crippen LogP contribution in [0.2, 0.25) is 22.2 Å². The van der Waals surface area contributed by atoms with Crippen LogP contribution < -0.4 is 5.69 Å². The normalized spacial score (nSPS) is 26.3. The molecule has 0 spiro atoms. The van der Waals surface area contributed by atoms with Gasteiger partial charge in [0.15, 0.2) is 12.0 Å². The Balaban J connectivity index is 2.10. The van der Waals surface area contributed by atoms with Crippen molar-refractivity contribution in [1.29, 1.82) is 5.26 Å². The zero-order valence-corrected chi connectivity index (χ0v) is 27.7. The van der Waals surface area contributed by atoms with E-state index in [0.29, 0.717) is 5.82 Å². The average molecular weight is 594 g/mol. The van der Waals surface area contributed by atoms with E-state index < -0.39 is 47.4 Å². The number of nitriles is 1. The summed E-state index contributed by atoms with van der Waals surface area (Å²) in [7, 11) is -2.03. The lowest BCUT2D eigenvalue weighted by atomic mass is 10.1. The number of rotatable bonds is 10. The molecule has 13 heteroatoms. The Hall–Kier alpha value is -1.93. The van der Waals surface area contributed by atoms with Crippen LogP contribution in [0.1, 0.15) is 68.0 Å². The molecule has 0 radical (unpaired) electrons. The molecule has 0 aromatic carbocycles. The number of nitrogens with zero attached hydrogens (tertiary/aromatic N) is 5. The summed E-state index contributed by atoms with van der Waals surface area (Å²) < 4.78 is 35.6. The highest BCUT2D eigenvalue weighted by atomic mass is 28.5. The lowest BCUT2D eigenvalue weighted by Crippen LogP contribution is -2.66. The van der Waals surface area contributed by atoms with Gasteiger partial charge >= 0.3 is 22.8 Å². The standard InChI is InChI=1S/C27H47N5O6Si2/c1-18(2)39(19(3)4)35-16-22-24(37-40(38-39,20(5)6)21(7)8)25(34-15-11-13-28)26(36-22)32-14-12-23(30-27(32)33)29-17-31(9)10/h12,14,17-22,24-26H,11,15-16H2,1-10H3/t22-,24-,25-,26-/m1/s1. The molecule has 0 N–H and O–H groups in total. The second kappa shape index (κ2) is 13.4.